The molecule has 2 fully saturated rings. The zero-order valence-corrected chi connectivity index (χ0v) is 16.8. The zero-order chi connectivity index (χ0) is 19.9. The van der Waals surface area contributed by atoms with Gasteiger partial charge in [-0.1, -0.05) is 6.07 Å². The first-order valence-electron chi connectivity index (χ1n) is 10.4. The SMILES string of the molecule is Cc1ccc(N2CCN(CC[C@H]3CC[C@H](NC(=O)CC#N)CC3)CC2)c(F)c1. The van der Waals surface area contributed by atoms with Crippen molar-refractivity contribution in [3.63, 3.8) is 0 Å². The maximum Gasteiger partial charge on any atom is 0.234 e. The number of aryl methyl sites for hydroxylation is 1. The van der Waals surface area contributed by atoms with E-state index in [1.54, 1.807) is 6.07 Å². The molecule has 1 aromatic carbocycles. The number of carbonyl (C=O) groups is 1. The number of nitrogens with zero attached hydrogens (tertiary/aromatic N) is 3. The Balaban J connectivity index is 1.35. The van der Waals surface area contributed by atoms with Crippen molar-refractivity contribution in [2.75, 3.05) is 37.6 Å². The predicted molar refractivity (Wildman–Crippen MR) is 109 cm³/mol. The van der Waals surface area contributed by atoms with Gasteiger partial charge < -0.3 is 10.2 Å². The van der Waals surface area contributed by atoms with E-state index in [1.165, 1.54) is 6.42 Å². The summed E-state index contributed by atoms with van der Waals surface area (Å²) in [6.07, 6.45) is 5.47. The Kier molecular flexibility index (Phi) is 7.27. The van der Waals surface area contributed by atoms with Gasteiger partial charge in [-0.15, -0.1) is 0 Å². The Morgan fingerprint density at radius 1 is 1.21 bits per heavy atom. The van der Waals surface area contributed by atoms with Crippen LogP contribution in [0.5, 0.6) is 0 Å². The monoisotopic (exact) mass is 386 g/mol. The highest BCUT2D eigenvalue weighted by Gasteiger charge is 2.24. The van der Waals surface area contributed by atoms with Crippen molar-refractivity contribution in [3.05, 3.63) is 29.6 Å². The quantitative estimate of drug-likeness (QED) is 0.815. The van der Waals surface area contributed by atoms with Crippen molar-refractivity contribution in [2.24, 2.45) is 5.92 Å². The highest BCUT2D eigenvalue weighted by molar-refractivity contribution is 5.78. The van der Waals surface area contributed by atoms with Crippen LogP contribution in [0.4, 0.5) is 10.1 Å². The maximum absolute atomic E-state index is 14.2. The number of nitrogens with one attached hydrogen (secondary N) is 1. The van der Waals surface area contributed by atoms with Gasteiger partial charge in [0.2, 0.25) is 5.91 Å². The van der Waals surface area contributed by atoms with E-state index in [2.05, 4.69) is 15.1 Å². The molecule has 0 bridgehead atoms. The van der Waals surface area contributed by atoms with Crippen LogP contribution in [0.3, 0.4) is 0 Å². The maximum atomic E-state index is 14.2. The van der Waals surface area contributed by atoms with Gasteiger partial charge in [0.05, 0.1) is 11.8 Å². The summed E-state index contributed by atoms with van der Waals surface area (Å²) in [5.74, 6) is 0.456. The third-order valence-electron chi connectivity index (χ3n) is 6.12. The Bertz CT molecular complexity index is 701. The van der Waals surface area contributed by atoms with Gasteiger partial charge in [-0.25, -0.2) is 4.39 Å². The molecule has 1 aliphatic carbocycles. The molecule has 1 N–H and O–H groups in total. The normalized spacial score (nSPS) is 23.2. The summed E-state index contributed by atoms with van der Waals surface area (Å²) in [5.41, 5.74) is 1.68. The average Bonchev–Trinajstić information content (AvgIpc) is 2.68. The molecule has 2 aliphatic rings. The first-order chi connectivity index (χ1) is 13.5. The lowest BCUT2D eigenvalue weighted by atomic mass is 9.84. The van der Waals surface area contributed by atoms with Gasteiger partial charge in [0.15, 0.2) is 0 Å². The Labute approximate surface area is 167 Å². The molecule has 0 spiro atoms. The number of halogens is 1. The summed E-state index contributed by atoms with van der Waals surface area (Å²) in [5, 5.41) is 11.5. The number of nitriles is 1. The summed E-state index contributed by atoms with van der Waals surface area (Å²) in [6, 6.07) is 7.63. The first-order valence-corrected chi connectivity index (χ1v) is 10.4. The highest BCUT2D eigenvalue weighted by atomic mass is 19.1. The molecule has 28 heavy (non-hydrogen) atoms. The van der Waals surface area contributed by atoms with E-state index in [0.717, 1.165) is 75.6 Å². The predicted octanol–water partition coefficient (Wildman–Crippen LogP) is 3.23. The molecule has 1 heterocycles. The van der Waals surface area contributed by atoms with Crippen molar-refractivity contribution in [2.45, 2.75) is 51.5 Å². The van der Waals surface area contributed by atoms with Gasteiger partial charge in [0.1, 0.15) is 12.2 Å². The van der Waals surface area contributed by atoms with Crippen LogP contribution >= 0.6 is 0 Å². The van der Waals surface area contributed by atoms with Gasteiger partial charge >= 0.3 is 0 Å². The molecular formula is C22H31FN4O. The summed E-state index contributed by atoms with van der Waals surface area (Å²) in [4.78, 5) is 16.2. The van der Waals surface area contributed by atoms with Gasteiger partial charge in [0, 0.05) is 32.2 Å². The van der Waals surface area contributed by atoms with Crippen molar-refractivity contribution in [3.8, 4) is 6.07 Å². The van der Waals surface area contributed by atoms with Crippen LogP contribution in [0.15, 0.2) is 18.2 Å². The van der Waals surface area contributed by atoms with E-state index < -0.39 is 0 Å². The van der Waals surface area contributed by atoms with Gasteiger partial charge in [-0.05, 0) is 69.2 Å². The van der Waals surface area contributed by atoms with E-state index in [-0.39, 0.29) is 24.2 Å². The smallest absolute Gasteiger partial charge is 0.234 e. The molecule has 5 nitrogen and oxygen atoms in total. The molecule has 0 atom stereocenters. The molecule has 0 aromatic heterocycles. The third kappa shape index (κ3) is 5.68. The topological polar surface area (TPSA) is 59.4 Å². The second-order valence-corrected chi connectivity index (χ2v) is 8.19. The van der Waals surface area contributed by atoms with Crippen LogP contribution in [0, 0.1) is 30.0 Å². The molecule has 1 aliphatic heterocycles. The van der Waals surface area contributed by atoms with Crippen LogP contribution < -0.4 is 10.2 Å². The van der Waals surface area contributed by atoms with Crippen molar-refractivity contribution < 1.29 is 9.18 Å². The lowest BCUT2D eigenvalue weighted by Crippen LogP contribution is -2.47. The van der Waals surface area contributed by atoms with Crippen LogP contribution in [0.1, 0.15) is 44.1 Å². The summed E-state index contributed by atoms with van der Waals surface area (Å²) in [6.45, 7) is 6.72. The molecule has 0 radical (unpaired) electrons. The number of hydrogen-bond acceptors (Lipinski definition) is 4. The number of benzene rings is 1. The van der Waals surface area contributed by atoms with Gasteiger partial charge in [0.25, 0.3) is 0 Å². The minimum Gasteiger partial charge on any atom is -0.367 e. The summed E-state index contributed by atoms with van der Waals surface area (Å²) < 4.78 is 14.2. The van der Waals surface area contributed by atoms with Crippen LogP contribution in [-0.4, -0.2) is 49.6 Å². The Morgan fingerprint density at radius 3 is 2.57 bits per heavy atom. The molecule has 1 saturated heterocycles. The molecular weight excluding hydrogens is 355 g/mol. The molecule has 0 unspecified atom stereocenters. The van der Waals surface area contributed by atoms with E-state index in [9.17, 15) is 9.18 Å². The Hall–Kier alpha value is -2.13. The number of carbonyl (C=O) groups excluding carboxylic acids is 1. The minimum atomic E-state index is -0.145. The van der Waals surface area contributed by atoms with E-state index in [4.69, 9.17) is 5.26 Å². The molecule has 1 aromatic rings. The largest absolute Gasteiger partial charge is 0.367 e. The standard InChI is InChI=1S/C22H31FN4O/c1-17-2-7-21(20(23)16-17)27-14-12-26(13-15-27)11-9-18-3-5-19(6-4-18)25-22(28)8-10-24/h2,7,16,18-19H,3-6,8-9,11-15H2,1H3,(H,25,28)/t18-,19-. The molecule has 3 rings (SSSR count). The number of anilines is 1. The van der Waals surface area contributed by atoms with Crippen molar-refractivity contribution in [1.29, 1.82) is 5.26 Å². The minimum absolute atomic E-state index is 0.0433. The average molecular weight is 387 g/mol. The van der Waals surface area contributed by atoms with Gasteiger partial charge in [-0.2, -0.15) is 5.26 Å². The molecule has 6 heteroatoms. The molecule has 1 saturated carbocycles. The second-order valence-electron chi connectivity index (χ2n) is 8.19. The van der Waals surface area contributed by atoms with Crippen LogP contribution in [0.2, 0.25) is 0 Å². The van der Waals surface area contributed by atoms with Crippen molar-refractivity contribution in [1.82, 2.24) is 10.2 Å². The summed E-state index contributed by atoms with van der Waals surface area (Å²) in [7, 11) is 0. The van der Waals surface area contributed by atoms with E-state index in [0.29, 0.717) is 0 Å². The second kappa shape index (κ2) is 9.88. The zero-order valence-electron chi connectivity index (χ0n) is 16.8. The van der Waals surface area contributed by atoms with Gasteiger partial charge in [-0.3, -0.25) is 9.69 Å². The number of piperazine rings is 1. The molecule has 1 amide bonds. The Morgan fingerprint density at radius 2 is 1.93 bits per heavy atom. The lowest BCUT2D eigenvalue weighted by Gasteiger charge is -2.37. The lowest BCUT2D eigenvalue weighted by molar-refractivity contribution is -0.121. The van der Waals surface area contributed by atoms with Crippen molar-refractivity contribution >= 4 is 11.6 Å². The number of amides is 1. The first kappa shape index (κ1) is 20.6. The fourth-order valence-corrected chi connectivity index (χ4v) is 4.39. The fraction of sp³-hybridized carbons (Fsp3) is 0.636. The van der Waals surface area contributed by atoms with E-state index >= 15 is 0 Å². The summed E-state index contributed by atoms with van der Waals surface area (Å²) >= 11 is 0. The number of hydrogen-bond donors (Lipinski definition) is 1. The number of rotatable bonds is 6. The molecule has 152 valence electrons. The fourth-order valence-electron chi connectivity index (χ4n) is 4.39. The van der Waals surface area contributed by atoms with Crippen LogP contribution in [0.25, 0.3) is 0 Å². The highest BCUT2D eigenvalue weighted by Crippen LogP contribution is 2.28. The third-order valence-corrected chi connectivity index (χ3v) is 6.12. The van der Waals surface area contributed by atoms with E-state index in [1.807, 2.05) is 25.1 Å². The van der Waals surface area contributed by atoms with Crippen LogP contribution in [-0.2, 0) is 4.79 Å².